The van der Waals surface area contributed by atoms with E-state index in [4.69, 9.17) is 0 Å². The predicted molar refractivity (Wildman–Crippen MR) is 150 cm³/mol. The van der Waals surface area contributed by atoms with Crippen LogP contribution in [0.4, 0.5) is 36.2 Å². The molecule has 5 rings (SSSR count). The molecule has 1 aliphatic heterocycles. The summed E-state index contributed by atoms with van der Waals surface area (Å²) in [6, 6.07) is 16.8. The maximum atomic E-state index is 13.1. The fourth-order valence-electron chi connectivity index (χ4n) is 4.63. The standard InChI is InChI=1S/C30H27F3N6O2/c1-18-6-9-24(36-28(41)20-4-3-5-22(14-20)30(31,32)33)15-26(18)39-13-12-25-21(17-39)16-35-29(38-25)37-23-10-7-19(8-11-23)27(40)34-2/h3-11,14-16H,12-13,17H2,1-2H3,(H,34,40)(H,36,41)(H,35,37,38). The zero-order valence-corrected chi connectivity index (χ0v) is 22.3. The zero-order valence-electron chi connectivity index (χ0n) is 22.3. The smallest absolute Gasteiger partial charge is 0.366 e. The second kappa shape index (κ2) is 11.3. The number of nitrogens with one attached hydrogen (secondary N) is 3. The SMILES string of the molecule is CNC(=O)c1ccc(Nc2ncc3c(n2)CCN(c2cc(NC(=O)c4cccc(C(F)(F)F)c4)ccc2C)C3)cc1. The molecule has 0 radical (unpaired) electrons. The van der Waals surface area contributed by atoms with Crippen LogP contribution >= 0.6 is 0 Å². The molecule has 0 aliphatic carbocycles. The molecule has 1 aromatic heterocycles. The Morgan fingerprint density at radius 1 is 0.927 bits per heavy atom. The van der Waals surface area contributed by atoms with Crippen LogP contribution in [0.1, 0.15) is 43.1 Å². The van der Waals surface area contributed by atoms with Crippen molar-refractivity contribution in [1.82, 2.24) is 15.3 Å². The van der Waals surface area contributed by atoms with Crippen molar-refractivity contribution >= 4 is 34.8 Å². The number of hydrogen-bond acceptors (Lipinski definition) is 6. The molecule has 0 bridgehead atoms. The molecule has 2 amide bonds. The molecule has 3 aromatic carbocycles. The highest BCUT2D eigenvalue weighted by atomic mass is 19.4. The molecule has 0 saturated carbocycles. The number of halogens is 3. The molecule has 2 heterocycles. The van der Waals surface area contributed by atoms with Crippen LogP contribution in [-0.2, 0) is 19.1 Å². The number of aromatic nitrogens is 2. The van der Waals surface area contributed by atoms with E-state index < -0.39 is 17.6 Å². The van der Waals surface area contributed by atoms with Gasteiger partial charge in [0.25, 0.3) is 11.8 Å². The lowest BCUT2D eigenvalue weighted by atomic mass is 10.0. The Balaban J connectivity index is 1.28. The van der Waals surface area contributed by atoms with Crippen molar-refractivity contribution in [3.05, 3.63) is 106 Å². The van der Waals surface area contributed by atoms with Crippen LogP contribution in [-0.4, -0.2) is 35.4 Å². The fourth-order valence-corrected chi connectivity index (χ4v) is 4.63. The van der Waals surface area contributed by atoms with Gasteiger partial charge in [0, 0.05) is 66.5 Å². The summed E-state index contributed by atoms with van der Waals surface area (Å²) < 4.78 is 39.2. The summed E-state index contributed by atoms with van der Waals surface area (Å²) in [7, 11) is 1.58. The molecule has 0 fully saturated rings. The molecule has 0 spiro atoms. The number of anilines is 4. The van der Waals surface area contributed by atoms with Gasteiger partial charge in [-0.15, -0.1) is 0 Å². The van der Waals surface area contributed by atoms with E-state index >= 15 is 0 Å². The van der Waals surface area contributed by atoms with Gasteiger partial charge in [0.05, 0.1) is 11.3 Å². The molecule has 0 saturated heterocycles. The molecule has 8 nitrogen and oxygen atoms in total. The molecule has 41 heavy (non-hydrogen) atoms. The van der Waals surface area contributed by atoms with E-state index in [-0.39, 0.29) is 11.5 Å². The van der Waals surface area contributed by atoms with Gasteiger partial charge in [-0.25, -0.2) is 9.97 Å². The predicted octanol–water partition coefficient (Wildman–Crippen LogP) is 5.72. The highest BCUT2D eigenvalue weighted by Crippen LogP contribution is 2.31. The first-order valence-electron chi connectivity index (χ1n) is 12.9. The molecule has 0 unspecified atom stereocenters. The number of benzene rings is 3. The third kappa shape index (κ3) is 6.29. The fraction of sp³-hybridized carbons (Fsp3) is 0.200. The number of alkyl halides is 3. The van der Waals surface area contributed by atoms with Crippen LogP contribution in [0.5, 0.6) is 0 Å². The van der Waals surface area contributed by atoms with E-state index in [1.54, 1.807) is 43.6 Å². The number of carbonyl (C=O) groups is 2. The first-order valence-corrected chi connectivity index (χ1v) is 12.9. The van der Waals surface area contributed by atoms with Gasteiger partial charge in [0.2, 0.25) is 5.95 Å². The summed E-state index contributed by atoms with van der Waals surface area (Å²) in [5, 5.41) is 8.48. The van der Waals surface area contributed by atoms with E-state index in [1.807, 2.05) is 19.1 Å². The van der Waals surface area contributed by atoms with Crippen LogP contribution < -0.4 is 20.9 Å². The van der Waals surface area contributed by atoms with Crippen molar-refractivity contribution in [3.63, 3.8) is 0 Å². The van der Waals surface area contributed by atoms with Crippen LogP contribution in [0, 0.1) is 6.92 Å². The molecule has 210 valence electrons. The molecular weight excluding hydrogens is 533 g/mol. The minimum absolute atomic E-state index is 0.0715. The Hall–Kier alpha value is -4.93. The maximum absolute atomic E-state index is 13.1. The summed E-state index contributed by atoms with van der Waals surface area (Å²) >= 11 is 0. The van der Waals surface area contributed by atoms with Crippen molar-refractivity contribution < 1.29 is 22.8 Å². The van der Waals surface area contributed by atoms with Gasteiger partial charge in [0.15, 0.2) is 0 Å². The lowest BCUT2D eigenvalue weighted by molar-refractivity contribution is -0.137. The maximum Gasteiger partial charge on any atom is 0.416 e. The van der Waals surface area contributed by atoms with Crippen molar-refractivity contribution in [2.45, 2.75) is 26.1 Å². The number of nitrogens with zero attached hydrogens (tertiary/aromatic N) is 3. The van der Waals surface area contributed by atoms with Gasteiger partial charge < -0.3 is 20.9 Å². The Morgan fingerprint density at radius 3 is 2.41 bits per heavy atom. The number of hydrogen-bond donors (Lipinski definition) is 3. The summed E-state index contributed by atoms with van der Waals surface area (Å²) in [5.41, 5.74) is 4.63. The lowest BCUT2D eigenvalue weighted by Crippen LogP contribution is -2.32. The topological polar surface area (TPSA) is 99.2 Å². The van der Waals surface area contributed by atoms with E-state index in [2.05, 4.69) is 30.8 Å². The number of aryl methyl sites for hydroxylation is 1. The Bertz CT molecular complexity index is 1610. The van der Waals surface area contributed by atoms with E-state index in [0.717, 1.165) is 40.3 Å². The summed E-state index contributed by atoms with van der Waals surface area (Å²) in [6.07, 6.45) is -2.08. The van der Waals surface area contributed by atoms with E-state index in [0.29, 0.717) is 36.7 Å². The quantitative estimate of drug-likeness (QED) is 0.279. The Kier molecular flexibility index (Phi) is 7.60. The van der Waals surface area contributed by atoms with Crippen LogP contribution in [0.15, 0.2) is 72.9 Å². The average molecular weight is 561 g/mol. The van der Waals surface area contributed by atoms with Crippen LogP contribution in [0.3, 0.4) is 0 Å². The van der Waals surface area contributed by atoms with Gasteiger partial charge in [-0.1, -0.05) is 12.1 Å². The van der Waals surface area contributed by atoms with Gasteiger partial charge in [0.1, 0.15) is 0 Å². The third-order valence-electron chi connectivity index (χ3n) is 6.82. The van der Waals surface area contributed by atoms with Gasteiger partial charge in [-0.05, 0) is 67.1 Å². The summed E-state index contributed by atoms with van der Waals surface area (Å²) in [6.45, 7) is 3.20. The lowest BCUT2D eigenvalue weighted by Gasteiger charge is -2.31. The van der Waals surface area contributed by atoms with Gasteiger partial charge in [-0.2, -0.15) is 13.2 Å². The minimum atomic E-state index is -4.53. The van der Waals surface area contributed by atoms with E-state index in [9.17, 15) is 22.8 Å². The highest BCUT2D eigenvalue weighted by Gasteiger charge is 2.31. The first-order chi connectivity index (χ1) is 19.6. The number of rotatable bonds is 6. The molecule has 11 heteroatoms. The molecular formula is C30H27F3N6O2. The average Bonchev–Trinajstić information content (AvgIpc) is 2.97. The van der Waals surface area contributed by atoms with Gasteiger partial charge in [-0.3, -0.25) is 9.59 Å². The minimum Gasteiger partial charge on any atom is -0.366 e. The second-order valence-corrected chi connectivity index (χ2v) is 9.65. The van der Waals surface area contributed by atoms with Crippen molar-refractivity contribution in [1.29, 1.82) is 0 Å². The monoisotopic (exact) mass is 560 g/mol. The van der Waals surface area contributed by atoms with E-state index in [1.165, 1.54) is 12.1 Å². The van der Waals surface area contributed by atoms with Gasteiger partial charge >= 0.3 is 6.18 Å². The van der Waals surface area contributed by atoms with Crippen molar-refractivity contribution in [3.8, 4) is 0 Å². The number of amides is 2. The summed E-state index contributed by atoms with van der Waals surface area (Å²) in [4.78, 5) is 35.8. The Morgan fingerprint density at radius 2 is 1.68 bits per heavy atom. The molecule has 1 aliphatic rings. The van der Waals surface area contributed by atoms with Crippen LogP contribution in [0.2, 0.25) is 0 Å². The normalized spacial score (nSPS) is 12.9. The number of fused-ring (bicyclic) bond motifs is 1. The van der Waals surface area contributed by atoms with Crippen LogP contribution in [0.25, 0.3) is 0 Å². The largest absolute Gasteiger partial charge is 0.416 e. The van der Waals surface area contributed by atoms with Crippen molar-refractivity contribution in [2.75, 3.05) is 29.1 Å². The molecule has 4 aromatic rings. The number of carbonyl (C=O) groups excluding carboxylic acids is 2. The zero-order chi connectivity index (χ0) is 29.1. The Labute approximate surface area is 234 Å². The van der Waals surface area contributed by atoms with Crippen molar-refractivity contribution in [2.24, 2.45) is 0 Å². The molecule has 3 N–H and O–H groups in total. The molecule has 0 atom stereocenters. The highest BCUT2D eigenvalue weighted by molar-refractivity contribution is 6.04. The summed E-state index contributed by atoms with van der Waals surface area (Å²) in [5.74, 6) is -0.322. The second-order valence-electron chi connectivity index (χ2n) is 9.65. The first kappa shape index (κ1) is 27.6. The third-order valence-corrected chi connectivity index (χ3v) is 6.82.